The zero-order valence-electron chi connectivity index (χ0n) is 8.50. The molecular formula is C11H17NS. The summed E-state index contributed by atoms with van der Waals surface area (Å²) in [7, 11) is 2.07. The number of aryl methyl sites for hydroxylation is 1. The van der Waals surface area contributed by atoms with Crippen LogP contribution in [0.25, 0.3) is 0 Å². The fraction of sp³-hybridized carbons (Fsp3) is 0.636. The fourth-order valence-corrected chi connectivity index (χ4v) is 2.81. The number of thiophene rings is 1. The molecule has 2 rings (SSSR count). The Balaban J connectivity index is 2.13. The van der Waals surface area contributed by atoms with Crippen LogP contribution in [0.3, 0.4) is 0 Å². The average molecular weight is 195 g/mol. The van der Waals surface area contributed by atoms with E-state index in [4.69, 9.17) is 0 Å². The molecular weight excluding hydrogens is 178 g/mol. The first-order chi connectivity index (χ1) is 6.22. The van der Waals surface area contributed by atoms with Gasteiger partial charge >= 0.3 is 0 Å². The molecule has 1 aromatic rings. The van der Waals surface area contributed by atoms with E-state index in [9.17, 15) is 0 Å². The van der Waals surface area contributed by atoms with Crippen molar-refractivity contribution in [3.63, 3.8) is 0 Å². The molecule has 0 amide bonds. The van der Waals surface area contributed by atoms with E-state index in [0.29, 0.717) is 6.04 Å². The van der Waals surface area contributed by atoms with Crippen LogP contribution in [0.15, 0.2) is 11.4 Å². The van der Waals surface area contributed by atoms with Crippen LogP contribution in [-0.4, -0.2) is 7.05 Å². The van der Waals surface area contributed by atoms with Crippen LogP contribution in [0.1, 0.15) is 29.8 Å². The first-order valence-corrected chi connectivity index (χ1v) is 5.82. The summed E-state index contributed by atoms with van der Waals surface area (Å²) in [5.74, 6) is 1.79. The van der Waals surface area contributed by atoms with Crippen molar-refractivity contribution in [2.45, 2.75) is 26.3 Å². The van der Waals surface area contributed by atoms with E-state index in [-0.39, 0.29) is 0 Å². The second-order valence-corrected chi connectivity index (χ2v) is 5.25. The van der Waals surface area contributed by atoms with Gasteiger partial charge in [0.25, 0.3) is 0 Å². The molecule has 1 heterocycles. The molecule has 0 bridgehead atoms. The van der Waals surface area contributed by atoms with Crippen molar-refractivity contribution in [3.8, 4) is 0 Å². The minimum Gasteiger partial charge on any atom is -0.313 e. The molecule has 2 heteroatoms. The summed E-state index contributed by atoms with van der Waals surface area (Å²) in [6.07, 6.45) is 1.39. The maximum absolute atomic E-state index is 3.43. The van der Waals surface area contributed by atoms with Crippen molar-refractivity contribution in [2.24, 2.45) is 11.8 Å². The minimum atomic E-state index is 0.597. The van der Waals surface area contributed by atoms with Crippen molar-refractivity contribution >= 4 is 11.3 Å². The van der Waals surface area contributed by atoms with Gasteiger partial charge < -0.3 is 5.32 Å². The van der Waals surface area contributed by atoms with Gasteiger partial charge in [0.15, 0.2) is 0 Å². The normalized spacial score (nSPS) is 28.8. The second kappa shape index (κ2) is 3.43. The van der Waals surface area contributed by atoms with E-state index in [1.807, 2.05) is 11.3 Å². The van der Waals surface area contributed by atoms with E-state index in [1.165, 1.54) is 16.9 Å². The maximum Gasteiger partial charge on any atom is 0.0357 e. The Morgan fingerprint density at radius 2 is 2.31 bits per heavy atom. The lowest BCUT2D eigenvalue weighted by atomic mass is 10.0. The predicted octanol–water partition coefficient (Wildman–Crippen LogP) is 2.97. The van der Waals surface area contributed by atoms with E-state index in [0.717, 1.165) is 11.8 Å². The zero-order chi connectivity index (χ0) is 9.42. The highest BCUT2D eigenvalue weighted by Gasteiger charge is 2.39. The highest BCUT2D eigenvalue weighted by atomic mass is 32.1. The Hall–Kier alpha value is -0.340. The number of hydrogen-bond acceptors (Lipinski definition) is 2. The van der Waals surface area contributed by atoms with E-state index in [2.05, 4.69) is 37.7 Å². The highest BCUT2D eigenvalue weighted by Crippen LogP contribution is 2.47. The first-order valence-electron chi connectivity index (χ1n) is 4.94. The van der Waals surface area contributed by atoms with Gasteiger partial charge in [-0.25, -0.2) is 0 Å². The van der Waals surface area contributed by atoms with Gasteiger partial charge in [0.2, 0.25) is 0 Å². The van der Waals surface area contributed by atoms with E-state index in [1.54, 1.807) is 0 Å². The Kier molecular flexibility index (Phi) is 2.43. The summed E-state index contributed by atoms with van der Waals surface area (Å²) in [6, 6.07) is 2.91. The third-order valence-electron chi connectivity index (χ3n) is 3.02. The summed E-state index contributed by atoms with van der Waals surface area (Å²) in [5.41, 5.74) is 1.49. The molecule has 0 radical (unpaired) electrons. The second-order valence-electron chi connectivity index (χ2n) is 4.13. The van der Waals surface area contributed by atoms with E-state index < -0.39 is 0 Å². The Morgan fingerprint density at radius 1 is 1.62 bits per heavy atom. The lowest BCUT2D eigenvalue weighted by Crippen LogP contribution is -2.18. The van der Waals surface area contributed by atoms with Crippen LogP contribution in [0, 0.1) is 18.8 Å². The van der Waals surface area contributed by atoms with Gasteiger partial charge in [-0.3, -0.25) is 0 Å². The Bertz CT molecular complexity index is 292. The lowest BCUT2D eigenvalue weighted by molar-refractivity contribution is 0.505. The third kappa shape index (κ3) is 1.79. The first kappa shape index (κ1) is 9.22. The molecule has 0 spiro atoms. The van der Waals surface area contributed by atoms with Crippen LogP contribution < -0.4 is 5.32 Å². The average Bonchev–Trinajstić information content (AvgIpc) is 2.62. The van der Waals surface area contributed by atoms with Crippen molar-refractivity contribution in [3.05, 3.63) is 21.9 Å². The number of nitrogens with one attached hydrogen (secondary N) is 1. The van der Waals surface area contributed by atoms with E-state index >= 15 is 0 Å². The van der Waals surface area contributed by atoms with Crippen molar-refractivity contribution < 1.29 is 0 Å². The molecule has 0 saturated heterocycles. The molecule has 0 aromatic carbocycles. The standard InChI is InChI=1S/C11H17NS/c1-7-4-10(7)11(12-3)9-5-8(2)13-6-9/h5-7,10-12H,4H2,1-3H3. The van der Waals surface area contributed by atoms with Crippen LogP contribution in [-0.2, 0) is 0 Å². The largest absolute Gasteiger partial charge is 0.313 e. The number of hydrogen-bond donors (Lipinski definition) is 1. The molecule has 1 nitrogen and oxygen atoms in total. The Labute approximate surface area is 84.2 Å². The van der Waals surface area contributed by atoms with Gasteiger partial charge in [-0.05, 0) is 49.2 Å². The molecule has 1 saturated carbocycles. The van der Waals surface area contributed by atoms with Gasteiger partial charge in [0.05, 0.1) is 0 Å². The third-order valence-corrected chi connectivity index (χ3v) is 3.90. The minimum absolute atomic E-state index is 0.597. The summed E-state index contributed by atoms with van der Waals surface area (Å²) in [5, 5.41) is 5.72. The monoisotopic (exact) mass is 195 g/mol. The summed E-state index contributed by atoms with van der Waals surface area (Å²) in [6.45, 7) is 4.52. The van der Waals surface area contributed by atoms with Crippen molar-refractivity contribution in [2.75, 3.05) is 7.05 Å². The van der Waals surface area contributed by atoms with Crippen LogP contribution in [0.4, 0.5) is 0 Å². The van der Waals surface area contributed by atoms with Gasteiger partial charge in [-0.15, -0.1) is 11.3 Å². The smallest absolute Gasteiger partial charge is 0.0357 e. The molecule has 1 aromatic heterocycles. The van der Waals surface area contributed by atoms with Gasteiger partial charge in [-0.2, -0.15) is 0 Å². The molecule has 1 fully saturated rings. The van der Waals surface area contributed by atoms with Crippen LogP contribution in [0.5, 0.6) is 0 Å². The van der Waals surface area contributed by atoms with Crippen molar-refractivity contribution in [1.29, 1.82) is 0 Å². The number of rotatable bonds is 3. The predicted molar refractivity (Wildman–Crippen MR) is 58.1 cm³/mol. The molecule has 0 aliphatic heterocycles. The fourth-order valence-electron chi connectivity index (χ4n) is 2.07. The summed E-state index contributed by atoms with van der Waals surface area (Å²) < 4.78 is 0. The molecule has 3 atom stereocenters. The molecule has 13 heavy (non-hydrogen) atoms. The molecule has 1 N–H and O–H groups in total. The van der Waals surface area contributed by atoms with Gasteiger partial charge in [0, 0.05) is 10.9 Å². The highest BCUT2D eigenvalue weighted by molar-refractivity contribution is 7.10. The summed E-state index contributed by atoms with van der Waals surface area (Å²) >= 11 is 1.85. The summed E-state index contributed by atoms with van der Waals surface area (Å²) in [4.78, 5) is 1.42. The zero-order valence-corrected chi connectivity index (χ0v) is 9.32. The van der Waals surface area contributed by atoms with Crippen LogP contribution in [0.2, 0.25) is 0 Å². The molecule has 1 aliphatic carbocycles. The topological polar surface area (TPSA) is 12.0 Å². The van der Waals surface area contributed by atoms with Gasteiger partial charge in [-0.1, -0.05) is 6.92 Å². The van der Waals surface area contributed by atoms with Crippen LogP contribution >= 0.6 is 11.3 Å². The molecule has 72 valence electrons. The van der Waals surface area contributed by atoms with Gasteiger partial charge in [0.1, 0.15) is 0 Å². The maximum atomic E-state index is 3.43. The Morgan fingerprint density at radius 3 is 2.69 bits per heavy atom. The lowest BCUT2D eigenvalue weighted by Gasteiger charge is -2.13. The SMILES string of the molecule is CNC(c1csc(C)c1)C1CC1C. The molecule has 3 unspecified atom stereocenters. The quantitative estimate of drug-likeness (QED) is 0.782. The molecule has 1 aliphatic rings. The van der Waals surface area contributed by atoms with Crippen molar-refractivity contribution in [1.82, 2.24) is 5.32 Å².